The summed E-state index contributed by atoms with van der Waals surface area (Å²) in [6.07, 6.45) is 0. The minimum absolute atomic E-state index is 0.109. The van der Waals surface area contributed by atoms with E-state index in [1.807, 2.05) is 36.4 Å². The Hall–Kier alpha value is -2.97. The Morgan fingerprint density at radius 2 is 1.00 bits per heavy atom. The second kappa shape index (κ2) is 5.52. The van der Waals surface area contributed by atoms with Crippen LogP contribution in [-0.2, 0) is 5.41 Å². The van der Waals surface area contributed by atoms with Crippen molar-refractivity contribution in [2.45, 2.75) is 5.41 Å². The van der Waals surface area contributed by atoms with E-state index in [1.165, 1.54) is 22.3 Å². The van der Waals surface area contributed by atoms with E-state index >= 15 is 0 Å². The molecule has 2 aliphatic carbocycles. The summed E-state index contributed by atoms with van der Waals surface area (Å²) in [6.45, 7) is 0. The van der Waals surface area contributed by atoms with Crippen LogP contribution < -0.4 is 0 Å². The number of halogens is 1. The van der Waals surface area contributed by atoms with Gasteiger partial charge in [0.15, 0.2) is 5.78 Å². The van der Waals surface area contributed by atoms with Crippen molar-refractivity contribution in [2.24, 2.45) is 0 Å². The lowest BCUT2D eigenvalue weighted by atomic mass is 9.61. The van der Waals surface area contributed by atoms with Crippen LogP contribution in [0.2, 0.25) is 0 Å². The van der Waals surface area contributed by atoms with E-state index in [0.29, 0.717) is 0 Å². The average Bonchev–Trinajstić information content (AvgIpc) is 3.05. The molecule has 6 rings (SSSR count). The molecule has 0 fully saturated rings. The van der Waals surface area contributed by atoms with Crippen molar-refractivity contribution in [1.82, 2.24) is 0 Å². The van der Waals surface area contributed by atoms with E-state index in [1.54, 1.807) is 0 Å². The van der Waals surface area contributed by atoms with Gasteiger partial charge in [-0.15, -0.1) is 0 Å². The monoisotopic (exact) mass is 422 g/mol. The highest BCUT2D eigenvalue weighted by molar-refractivity contribution is 9.10. The van der Waals surface area contributed by atoms with Gasteiger partial charge in [-0.3, -0.25) is 4.79 Å². The van der Waals surface area contributed by atoms with E-state index in [-0.39, 0.29) is 5.78 Å². The molecule has 0 saturated heterocycles. The summed E-state index contributed by atoms with van der Waals surface area (Å²) >= 11 is 3.79. The number of hydrogen-bond acceptors (Lipinski definition) is 1. The number of benzene rings is 4. The predicted molar refractivity (Wildman–Crippen MR) is 115 cm³/mol. The van der Waals surface area contributed by atoms with Gasteiger partial charge >= 0.3 is 0 Å². The van der Waals surface area contributed by atoms with Gasteiger partial charge in [0.25, 0.3) is 0 Å². The summed E-state index contributed by atoms with van der Waals surface area (Å²) in [6, 6.07) is 31.2. The maximum Gasteiger partial charge on any atom is 0.193 e. The summed E-state index contributed by atoms with van der Waals surface area (Å²) in [5, 5.41) is 0. The molecule has 0 atom stereocenters. The van der Waals surface area contributed by atoms with Crippen molar-refractivity contribution in [3.05, 3.63) is 129 Å². The van der Waals surface area contributed by atoms with E-state index in [0.717, 1.165) is 26.7 Å². The van der Waals surface area contributed by atoms with Gasteiger partial charge in [0.2, 0.25) is 0 Å². The molecule has 4 aromatic rings. The molecule has 0 amide bonds. The van der Waals surface area contributed by atoms with Gasteiger partial charge in [-0.05, 0) is 33.9 Å². The van der Waals surface area contributed by atoms with Crippen LogP contribution in [0, 0.1) is 0 Å². The van der Waals surface area contributed by atoms with Gasteiger partial charge in [-0.25, -0.2) is 0 Å². The summed E-state index contributed by atoms with van der Waals surface area (Å²) < 4.78 is 1.08. The second-order valence-corrected chi connectivity index (χ2v) is 8.23. The number of hydrogen-bond donors (Lipinski definition) is 0. The number of rotatable bonds is 0. The van der Waals surface area contributed by atoms with E-state index in [4.69, 9.17) is 0 Å². The zero-order valence-corrected chi connectivity index (χ0v) is 16.5. The molecule has 0 unspecified atom stereocenters. The highest BCUT2D eigenvalue weighted by Crippen LogP contribution is 2.60. The highest BCUT2D eigenvalue weighted by Gasteiger charge is 2.51. The van der Waals surface area contributed by atoms with Gasteiger partial charge in [0.05, 0.1) is 5.41 Å². The molecular weight excluding hydrogens is 408 g/mol. The molecule has 0 heterocycles. The van der Waals surface area contributed by atoms with Crippen LogP contribution in [-0.4, -0.2) is 5.78 Å². The summed E-state index contributed by atoms with van der Waals surface area (Å²) in [5.74, 6) is 0.109. The second-order valence-electron chi connectivity index (χ2n) is 7.38. The van der Waals surface area contributed by atoms with Gasteiger partial charge in [-0.1, -0.05) is 101 Å². The van der Waals surface area contributed by atoms with Crippen molar-refractivity contribution in [1.29, 1.82) is 0 Å². The first-order valence-corrected chi connectivity index (χ1v) is 10.2. The van der Waals surface area contributed by atoms with Crippen molar-refractivity contribution in [3.63, 3.8) is 0 Å². The largest absolute Gasteiger partial charge is 0.289 e. The standard InChI is InChI=1S/C26H15BrO/c27-23-15-7-14-22-24(23)16-8-1-4-11-19(16)26(22)20-12-5-2-9-17(20)25(28)18-10-3-6-13-21(18)26/h1-15H. The minimum atomic E-state index is -0.475. The molecule has 0 radical (unpaired) electrons. The molecule has 0 aliphatic heterocycles. The van der Waals surface area contributed by atoms with Crippen molar-refractivity contribution >= 4 is 21.7 Å². The van der Waals surface area contributed by atoms with Crippen LogP contribution in [0.15, 0.2) is 95.5 Å². The number of fused-ring (bicyclic) bond motifs is 9. The lowest BCUT2D eigenvalue weighted by Gasteiger charge is -2.39. The van der Waals surface area contributed by atoms with Gasteiger partial charge in [-0.2, -0.15) is 0 Å². The first kappa shape index (κ1) is 16.0. The predicted octanol–water partition coefficient (Wildman–Crippen LogP) is 6.36. The van der Waals surface area contributed by atoms with E-state index in [9.17, 15) is 4.79 Å². The van der Waals surface area contributed by atoms with E-state index in [2.05, 4.69) is 70.5 Å². The molecule has 28 heavy (non-hydrogen) atoms. The maximum absolute atomic E-state index is 13.3. The number of carbonyl (C=O) groups excluding carboxylic acids is 1. The molecule has 1 spiro atoms. The molecule has 0 bridgehead atoms. The first-order valence-electron chi connectivity index (χ1n) is 9.37. The highest BCUT2D eigenvalue weighted by atomic mass is 79.9. The first-order chi connectivity index (χ1) is 13.7. The lowest BCUT2D eigenvalue weighted by Crippen LogP contribution is -2.36. The van der Waals surface area contributed by atoms with Crippen LogP contribution in [0.1, 0.15) is 38.2 Å². The summed E-state index contributed by atoms with van der Waals surface area (Å²) in [5.41, 5.74) is 8.18. The fourth-order valence-electron chi connectivity index (χ4n) is 5.17. The normalized spacial score (nSPS) is 15.0. The third-order valence-electron chi connectivity index (χ3n) is 6.17. The van der Waals surface area contributed by atoms with Crippen LogP contribution in [0.5, 0.6) is 0 Å². The minimum Gasteiger partial charge on any atom is -0.289 e. The maximum atomic E-state index is 13.3. The summed E-state index contributed by atoms with van der Waals surface area (Å²) in [4.78, 5) is 13.3. The SMILES string of the molecule is O=C1c2ccccc2C2(c3ccccc31)c1ccccc1-c1c(Br)cccc12. The third kappa shape index (κ3) is 1.75. The Morgan fingerprint density at radius 1 is 0.536 bits per heavy atom. The number of ketones is 1. The van der Waals surface area contributed by atoms with Crippen molar-refractivity contribution in [2.75, 3.05) is 0 Å². The number of carbonyl (C=O) groups is 1. The Morgan fingerprint density at radius 3 is 1.61 bits per heavy atom. The molecule has 2 heteroatoms. The molecule has 132 valence electrons. The van der Waals surface area contributed by atoms with E-state index < -0.39 is 5.41 Å². The Kier molecular flexibility index (Phi) is 3.16. The molecule has 1 nitrogen and oxygen atoms in total. The zero-order chi connectivity index (χ0) is 18.9. The fourth-order valence-corrected chi connectivity index (χ4v) is 5.75. The Labute approximate surface area is 171 Å². The van der Waals surface area contributed by atoms with Crippen LogP contribution in [0.25, 0.3) is 11.1 Å². The quantitative estimate of drug-likeness (QED) is 0.278. The Balaban J connectivity index is 1.90. The molecule has 0 saturated carbocycles. The van der Waals surface area contributed by atoms with Gasteiger partial charge < -0.3 is 0 Å². The average molecular weight is 423 g/mol. The van der Waals surface area contributed by atoms with Crippen LogP contribution >= 0.6 is 15.9 Å². The van der Waals surface area contributed by atoms with Crippen molar-refractivity contribution < 1.29 is 4.79 Å². The summed E-state index contributed by atoms with van der Waals surface area (Å²) in [7, 11) is 0. The van der Waals surface area contributed by atoms with Crippen LogP contribution in [0.3, 0.4) is 0 Å². The zero-order valence-electron chi connectivity index (χ0n) is 14.9. The fraction of sp³-hybridized carbons (Fsp3) is 0.0385. The molecule has 2 aliphatic rings. The van der Waals surface area contributed by atoms with Crippen LogP contribution in [0.4, 0.5) is 0 Å². The smallest absolute Gasteiger partial charge is 0.193 e. The van der Waals surface area contributed by atoms with Gasteiger partial charge in [0, 0.05) is 21.2 Å². The third-order valence-corrected chi connectivity index (χ3v) is 6.83. The molecule has 0 N–H and O–H groups in total. The Bertz CT molecular complexity index is 1250. The lowest BCUT2D eigenvalue weighted by molar-refractivity contribution is 0.103. The molecule has 4 aromatic carbocycles. The van der Waals surface area contributed by atoms with Crippen molar-refractivity contribution in [3.8, 4) is 11.1 Å². The molecular formula is C26H15BrO. The topological polar surface area (TPSA) is 17.1 Å². The molecule has 0 aromatic heterocycles. The van der Waals surface area contributed by atoms with Gasteiger partial charge in [0.1, 0.15) is 0 Å².